The molecule has 0 fully saturated rings. The van der Waals surface area contributed by atoms with Crippen LogP contribution in [0.5, 0.6) is 11.5 Å². The Morgan fingerprint density at radius 2 is 1.93 bits per heavy atom. The summed E-state index contributed by atoms with van der Waals surface area (Å²) in [6, 6.07) is 11.4. The Balaban J connectivity index is 1.95. The highest BCUT2D eigenvalue weighted by Gasteiger charge is 2.16. The fourth-order valence-electron chi connectivity index (χ4n) is 2.41. The second kappa shape index (κ2) is 9.07. The van der Waals surface area contributed by atoms with Gasteiger partial charge in [-0.2, -0.15) is 8.78 Å². The number of pyridine rings is 2. The summed E-state index contributed by atoms with van der Waals surface area (Å²) < 4.78 is 39.5. The largest absolute Gasteiger partial charge is 0.497 e. The van der Waals surface area contributed by atoms with Crippen LogP contribution in [0, 0.1) is 11.9 Å². The van der Waals surface area contributed by atoms with Crippen molar-refractivity contribution in [1.29, 1.82) is 0 Å². The fraction of sp³-hybridized carbons (Fsp3) is 0.158. The van der Waals surface area contributed by atoms with E-state index >= 15 is 0 Å². The molecule has 1 aromatic carbocycles. The van der Waals surface area contributed by atoms with Crippen LogP contribution >= 0.6 is 23.5 Å². The van der Waals surface area contributed by atoms with E-state index in [9.17, 15) is 8.78 Å². The van der Waals surface area contributed by atoms with Crippen molar-refractivity contribution in [2.45, 2.75) is 11.4 Å². The smallest absolute Gasteiger partial charge is 0.231 e. The molecule has 2 heterocycles. The SMILES string of the molecule is COc1ccc(CN(Sc2cnc(F)c(Cl)c2)c2cccc(F)n2)c(OC)c1. The molecule has 146 valence electrons. The van der Waals surface area contributed by atoms with E-state index in [4.69, 9.17) is 21.1 Å². The number of benzene rings is 1. The van der Waals surface area contributed by atoms with Gasteiger partial charge in [-0.15, -0.1) is 0 Å². The molecule has 3 rings (SSSR count). The second-order valence-corrected chi connectivity index (χ2v) is 7.07. The minimum atomic E-state index is -0.752. The Labute approximate surface area is 170 Å². The number of methoxy groups -OCH3 is 2. The van der Waals surface area contributed by atoms with Crippen molar-refractivity contribution in [2.75, 3.05) is 18.5 Å². The highest BCUT2D eigenvalue weighted by molar-refractivity contribution is 8.00. The molecule has 0 N–H and O–H groups in total. The third kappa shape index (κ3) is 4.82. The molecule has 5 nitrogen and oxygen atoms in total. The van der Waals surface area contributed by atoms with Crippen LogP contribution in [-0.2, 0) is 6.54 Å². The first-order chi connectivity index (χ1) is 13.5. The van der Waals surface area contributed by atoms with Crippen LogP contribution in [0.25, 0.3) is 0 Å². The molecule has 0 saturated carbocycles. The van der Waals surface area contributed by atoms with Gasteiger partial charge in [0.15, 0.2) is 0 Å². The summed E-state index contributed by atoms with van der Waals surface area (Å²) in [5, 5.41) is -0.0980. The number of hydrogen-bond donors (Lipinski definition) is 0. The molecule has 0 unspecified atom stereocenters. The van der Waals surface area contributed by atoms with E-state index in [2.05, 4.69) is 9.97 Å². The van der Waals surface area contributed by atoms with E-state index in [-0.39, 0.29) is 5.02 Å². The first-order valence-corrected chi connectivity index (χ1v) is 9.25. The van der Waals surface area contributed by atoms with Crippen LogP contribution in [-0.4, -0.2) is 24.2 Å². The Morgan fingerprint density at radius 1 is 1.11 bits per heavy atom. The van der Waals surface area contributed by atoms with Gasteiger partial charge in [0.2, 0.25) is 11.9 Å². The van der Waals surface area contributed by atoms with E-state index < -0.39 is 11.9 Å². The molecule has 0 aliphatic heterocycles. The van der Waals surface area contributed by atoms with Gasteiger partial charge in [-0.3, -0.25) is 4.31 Å². The molecule has 0 atom stereocenters. The summed E-state index contributed by atoms with van der Waals surface area (Å²) in [5.74, 6) is 0.275. The zero-order chi connectivity index (χ0) is 20.1. The number of halogens is 3. The first-order valence-electron chi connectivity index (χ1n) is 8.10. The third-order valence-electron chi connectivity index (χ3n) is 3.75. The number of ether oxygens (including phenoxy) is 2. The van der Waals surface area contributed by atoms with Gasteiger partial charge >= 0.3 is 0 Å². The number of hydrogen-bond acceptors (Lipinski definition) is 6. The van der Waals surface area contributed by atoms with Crippen molar-refractivity contribution >= 4 is 29.4 Å². The lowest BCUT2D eigenvalue weighted by atomic mass is 10.2. The molecule has 3 aromatic rings. The lowest BCUT2D eigenvalue weighted by Crippen LogP contribution is -2.16. The van der Waals surface area contributed by atoms with Gasteiger partial charge in [-0.05, 0) is 42.3 Å². The number of rotatable bonds is 7. The Bertz CT molecular complexity index is 978. The number of aromatic nitrogens is 2. The van der Waals surface area contributed by atoms with E-state index in [1.165, 1.54) is 30.3 Å². The molecule has 0 aliphatic carbocycles. The average Bonchev–Trinajstić information content (AvgIpc) is 2.70. The van der Waals surface area contributed by atoms with Gasteiger partial charge in [0, 0.05) is 22.7 Å². The van der Waals surface area contributed by atoms with Crippen molar-refractivity contribution in [1.82, 2.24) is 9.97 Å². The summed E-state index contributed by atoms with van der Waals surface area (Å²) in [6.45, 7) is 0.323. The lowest BCUT2D eigenvalue weighted by Gasteiger charge is -2.23. The molecule has 0 bridgehead atoms. The zero-order valence-corrected chi connectivity index (χ0v) is 16.6. The van der Waals surface area contributed by atoms with E-state index in [1.807, 2.05) is 6.07 Å². The quantitative estimate of drug-likeness (QED) is 0.387. The lowest BCUT2D eigenvalue weighted by molar-refractivity contribution is 0.391. The maximum atomic E-state index is 13.7. The topological polar surface area (TPSA) is 47.5 Å². The van der Waals surface area contributed by atoms with Crippen LogP contribution in [0.4, 0.5) is 14.6 Å². The van der Waals surface area contributed by atoms with Crippen molar-refractivity contribution in [2.24, 2.45) is 0 Å². The van der Waals surface area contributed by atoms with Crippen LogP contribution < -0.4 is 13.8 Å². The Kier molecular flexibility index (Phi) is 6.53. The highest BCUT2D eigenvalue weighted by atomic mass is 35.5. The summed E-state index contributed by atoms with van der Waals surface area (Å²) in [5.41, 5.74) is 0.822. The van der Waals surface area contributed by atoms with Gasteiger partial charge in [0.1, 0.15) is 17.3 Å². The summed E-state index contributed by atoms with van der Waals surface area (Å²) >= 11 is 7.03. The van der Waals surface area contributed by atoms with Crippen LogP contribution in [0.15, 0.2) is 53.6 Å². The Morgan fingerprint density at radius 3 is 2.61 bits per heavy atom. The average molecular weight is 424 g/mol. The number of nitrogens with zero attached hydrogens (tertiary/aromatic N) is 3. The van der Waals surface area contributed by atoms with Gasteiger partial charge in [-0.25, -0.2) is 9.97 Å². The van der Waals surface area contributed by atoms with Gasteiger partial charge in [0.25, 0.3) is 0 Å². The molecule has 0 spiro atoms. The molecule has 0 aliphatic rings. The third-order valence-corrected chi connectivity index (χ3v) is 4.99. The van der Waals surface area contributed by atoms with Crippen LogP contribution in [0.2, 0.25) is 5.02 Å². The fourth-order valence-corrected chi connectivity index (χ4v) is 3.57. The monoisotopic (exact) mass is 423 g/mol. The molecule has 9 heteroatoms. The minimum absolute atomic E-state index is 0.0980. The van der Waals surface area contributed by atoms with Crippen LogP contribution in [0.3, 0.4) is 0 Å². The number of anilines is 1. The molecule has 0 amide bonds. The Hall–Kier alpha value is -2.58. The zero-order valence-electron chi connectivity index (χ0n) is 15.0. The molecular formula is C19H16ClF2N3O2S. The molecule has 2 aromatic heterocycles. The second-order valence-electron chi connectivity index (χ2n) is 5.57. The minimum Gasteiger partial charge on any atom is -0.497 e. The predicted molar refractivity (Wildman–Crippen MR) is 105 cm³/mol. The van der Waals surface area contributed by atoms with Crippen molar-refractivity contribution < 1.29 is 18.3 Å². The van der Waals surface area contributed by atoms with Crippen molar-refractivity contribution in [3.8, 4) is 11.5 Å². The first kappa shape index (κ1) is 20.2. The molecule has 0 saturated heterocycles. The van der Waals surface area contributed by atoms with Crippen molar-refractivity contribution in [3.05, 3.63) is 71.1 Å². The van der Waals surface area contributed by atoms with Gasteiger partial charge in [-0.1, -0.05) is 17.7 Å². The standard InChI is InChI=1S/C19H16ClF2N3O2S/c1-26-13-7-6-12(16(8-13)27-2)11-25(18-5-3-4-17(21)24-18)28-14-9-15(20)19(22)23-10-14/h3-10H,11H2,1-2H3. The summed E-state index contributed by atoms with van der Waals surface area (Å²) in [6.07, 6.45) is 1.35. The maximum absolute atomic E-state index is 13.7. The summed E-state index contributed by atoms with van der Waals surface area (Å²) in [4.78, 5) is 8.14. The van der Waals surface area contributed by atoms with Gasteiger partial charge in [0.05, 0.1) is 25.8 Å². The van der Waals surface area contributed by atoms with Gasteiger partial charge < -0.3 is 9.47 Å². The molecule has 28 heavy (non-hydrogen) atoms. The predicted octanol–water partition coefficient (Wildman–Crippen LogP) is 5.14. The highest BCUT2D eigenvalue weighted by Crippen LogP contribution is 2.34. The molecular weight excluding hydrogens is 408 g/mol. The normalized spacial score (nSPS) is 10.6. The van der Waals surface area contributed by atoms with E-state index in [0.29, 0.717) is 28.8 Å². The summed E-state index contributed by atoms with van der Waals surface area (Å²) in [7, 11) is 3.12. The molecule has 0 radical (unpaired) electrons. The van der Waals surface area contributed by atoms with E-state index in [0.717, 1.165) is 5.56 Å². The maximum Gasteiger partial charge on any atom is 0.231 e. The van der Waals surface area contributed by atoms with Crippen LogP contribution in [0.1, 0.15) is 5.56 Å². The van der Waals surface area contributed by atoms with Crippen molar-refractivity contribution in [3.63, 3.8) is 0 Å². The van der Waals surface area contributed by atoms with E-state index in [1.54, 1.807) is 42.8 Å².